The van der Waals surface area contributed by atoms with Gasteiger partial charge in [0.15, 0.2) is 5.67 Å². The number of aryl methyl sites for hydroxylation is 1. The topological polar surface area (TPSA) is 50.4 Å². The Kier molecular flexibility index (Phi) is 4.03. The van der Waals surface area contributed by atoms with Crippen molar-refractivity contribution in [3.8, 4) is 0 Å². The average molecular weight is 384 g/mol. The van der Waals surface area contributed by atoms with Gasteiger partial charge < -0.3 is 11.1 Å². The van der Waals surface area contributed by atoms with Crippen molar-refractivity contribution in [2.24, 2.45) is 10.7 Å². The highest BCUT2D eigenvalue weighted by Crippen LogP contribution is 2.53. The highest BCUT2D eigenvalue weighted by Gasteiger charge is 2.50. The van der Waals surface area contributed by atoms with Crippen LogP contribution in [0.2, 0.25) is 5.02 Å². The zero-order valence-electron chi connectivity index (χ0n) is 15.1. The number of hydrogen-bond donors (Lipinski definition) is 2. The third-order valence-electron chi connectivity index (χ3n) is 6.44. The quantitative estimate of drug-likeness (QED) is 0.775. The summed E-state index contributed by atoms with van der Waals surface area (Å²) >= 11 is 6.08. The molecular weight excluding hydrogens is 361 g/mol. The molecule has 5 rings (SSSR count). The van der Waals surface area contributed by atoms with Crippen LogP contribution in [0.4, 0.5) is 10.1 Å². The summed E-state index contributed by atoms with van der Waals surface area (Å²) in [7, 11) is 0. The van der Waals surface area contributed by atoms with E-state index in [1.54, 1.807) is 0 Å². The fraction of sp³-hybridized carbons (Fsp3) is 0.409. The molecule has 27 heavy (non-hydrogen) atoms. The van der Waals surface area contributed by atoms with Gasteiger partial charge in [0.1, 0.15) is 5.84 Å². The zero-order valence-corrected chi connectivity index (χ0v) is 15.9. The van der Waals surface area contributed by atoms with E-state index in [-0.39, 0.29) is 17.8 Å². The van der Waals surface area contributed by atoms with Gasteiger partial charge in [-0.15, -0.1) is 0 Å². The third kappa shape index (κ3) is 2.77. The molecule has 0 spiro atoms. The molecule has 2 aromatic rings. The fourth-order valence-corrected chi connectivity index (χ4v) is 5.25. The lowest BCUT2D eigenvalue weighted by Gasteiger charge is -2.32. The smallest absolute Gasteiger partial charge is 0.174 e. The Bertz CT molecular complexity index is 941. The standard InChI is InChI=1S/C22H23ClFN3/c23-15-4-1-3-13(9-15)12-26-19-7-6-14-10-17-18-5-2-8-22(18,24)21(25)27-20(17)11-16(14)19/h1,3-4,9-11,18-19,26H,2,5-8,12H2,(H2,25,27). The molecule has 140 valence electrons. The van der Waals surface area contributed by atoms with Crippen molar-refractivity contribution in [2.75, 3.05) is 0 Å². The number of hydrogen-bond acceptors (Lipinski definition) is 3. The molecular formula is C22H23ClFN3. The van der Waals surface area contributed by atoms with Gasteiger partial charge in [0, 0.05) is 23.5 Å². The predicted molar refractivity (Wildman–Crippen MR) is 108 cm³/mol. The van der Waals surface area contributed by atoms with E-state index >= 15 is 4.39 Å². The molecule has 0 amide bonds. The van der Waals surface area contributed by atoms with Crippen LogP contribution < -0.4 is 11.1 Å². The molecule has 2 aliphatic carbocycles. The van der Waals surface area contributed by atoms with Crippen LogP contribution in [-0.4, -0.2) is 11.5 Å². The molecule has 3 nitrogen and oxygen atoms in total. The highest BCUT2D eigenvalue weighted by molar-refractivity contribution is 6.30. The molecule has 3 N–H and O–H groups in total. The highest BCUT2D eigenvalue weighted by atomic mass is 35.5. The maximum absolute atomic E-state index is 15.3. The summed E-state index contributed by atoms with van der Waals surface area (Å²) in [6.45, 7) is 0.767. The summed E-state index contributed by atoms with van der Waals surface area (Å²) in [5, 5.41) is 4.40. The monoisotopic (exact) mass is 383 g/mol. The Balaban J connectivity index is 1.43. The van der Waals surface area contributed by atoms with Crippen molar-refractivity contribution in [3.63, 3.8) is 0 Å². The lowest BCUT2D eigenvalue weighted by atomic mass is 9.81. The molecule has 1 heterocycles. The first-order chi connectivity index (χ1) is 13.0. The molecule has 0 bridgehead atoms. The molecule has 2 aromatic carbocycles. The van der Waals surface area contributed by atoms with E-state index in [9.17, 15) is 0 Å². The van der Waals surface area contributed by atoms with Crippen molar-refractivity contribution < 1.29 is 4.39 Å². The Morgan fingerprint density at radius 1 is 1.22 bits per heavy atom. The number of alkyl halides is 1. The second kappa shape index (κ2) is 6.32. The Morgan fingerprint density at radius 3 is 2.96 bits per heavy atom. The minimum atomic E-state index is -1.44. The second-order valence-electron chi connectivity index (χ2n) is 8.02. The number of rotatable bonds is 3. The minimum Gasteiger partial charge on any atom is -0.384 e. The first-order valence-corrected chi connectivity index (χ1v) is 10.1. The molecule has 3 atom stereocenters. The molecule has 1 fully saturated rings. The maximum Gasteiger partial charge on any atom is 0.174 e. The normalized spacial score (nSPS) is 28.4. The van der Waals surface area contributed by atoms with Crippen molar-refractivity contribution in [1.82, 2.24) is 5.32 Å². The number of halogens is 2. The number of fused-ring (bicyclic) bond motifs is 4. The van der Waals surface area contributed by atoms with Crippen LogP contribution >= 0.6 is 11.6 Å². The number of nitrogens with zero attached hydrogens (tertiary/aromatic N) is 1. The number of nitrogens with one attached hydrogen (secondary N) is 1. The van der Waals surface area contributed by atoms with Crippen molar-refractivity contribution >= 4 is 23.1 Å². The van der Waals surface area contributed by atoms with E-state index in [1.807, 2.05) is 18.2 Å². The maximum atomic E-state index is 15.3. The van der Waals surface area contributed by atoms with Crippen LogP contribution in [0.1, 0.15) is 59.9 Å². The summed E-state index contributed by atoms with van der Waals surface area (Å²) in [5.74, 6) is 0.0349. The van der Waals surface area contributed by atoms with Crippen LogP contribution in [0.25, 0.3) is 0 Å². The van der Waals surface area contributed by atoms with E-state index in [2.05, 4.69) is 28.5 Å². The molecule has 0 saturated heterocycles. The van der Waals surface area contributed by atoms with Crippen molar-refractivity contribution in [2.45, 2.75) is 56.3 Å². The number of nitrogens with two attached hydrogens (primary N) is 1. The van der Waals surface area contributed by atoms with Crippen LogP contribution in [0.15, 0.2) is 41.4 Å². The number of aliphatic imine (C=N–C) groups is 1. The Labute approximate surface area is 163 Å². The van der Waals surface area contributed by atoms with Gasteiger partial charge in [-0.05, 0) is 72.6 Å². The number of benzene rings is 2. The summed E-state index contributed by atoms with van der Waals surface area (Å²) in [6, 6.07) is 12.5. The first kappa shape index (κ1) is 17.2. The molecule has 5 heteroatoms. The average Bonchev–Trinajstić information content (AvgIpc) is 3.23. The van der Waals surface area contributed by atoms with E-state index in [0.717, 1.165) is 48.5 Å². The van der Waals surface area contributed by atoms with Crippen molar-refractivity contribution in [3.05, 3.63) is 63.7 Å². The SMILES string of the molecule is NC1=Nc2cc3c(cc2C2CCCC12F)CCC3NCc1cccc(Cl)c1. The summed E-state index contributed by atoms with van der Waals surface area (Å²) in [6.07, 6.45) is 4.28. The van der Waals surface area contributed by atoms with E-state index < -0.39 is 5.67 Å². The third-order valence-corrected chi connectivity index (χ3v) is 6.67. The first-order valence-electron chi connectivity index (χ1n) is 9.73. The van der Waals surface area contributed by atoms with E-state index in [0.29, 0.717) is 6.42 Å². The fourth-order valence-electron chi connectivity index (χ4n) is 5.04. The minimum absolute atomic E-state index is 0.131. The van der Waals surface area contributed by atoms with Gasteiger partial charge in [-0.25, -0.2) is 9.38 Å². The molecule has 3 unspecified atom stereocenters. The summed E-state index contributed by atoms with van der Waals surface area (Å²) in [4.78, 5) is 4.48. The summed E-state index contributed by atoms with van der Waals surface area (Å²) in [5.41, 5.74) is 10.3. The van der Waals surface area contributed by atoms with Crippen LogP contribution in [-0.2, 0) is 13.0 Å². The molecule has 1 aliphatic heterocycles. The molecule has 3 aliphatic rings. The molecule has 0 radical (unpaired) electrons. The lowest BCUT2D eigenvalue weighted by Crippen LogP contribution is -2.43. The van der Waals surface area contributed by atoms with Crippen LogP contribution in [0.5, 0.6) is 0 Å². The van der Waals surface area contributed by atoms with Crippen molar-refractivity contribution in [1.29, 1.82) is 0 Å². The van der Waals surface area contributed by atoms with Gasteiger partial charge in [-0.1, -0.05) is 29.8 Å². The van der Waals surface area contributed by atoms with Gasteiger partial charge in [-0.3, -0.25) is 0 Å². The van der Waals surface area contributed by atoms with Crippen LogP contribution in [0.3, 0.4) is 0 Å². The van der Waals surface area contributed by atoms with E-state index in [4.69, 9.17) is 17.3 Å². The largest absolute Gasteiger partial charge is 0.384 e. The second-order valence-corrected chi connectivity index (χ2v) is 8.45. The van der Waals surface area contributed by atoms with E-state index in [1.165, 1.54) is 16.7 Å². The van der Waals surface area contributed by atoms with Gasteiger partial charge in [0.05, 0.1) is 5.69 Å². The van der Waals surface area contributed by atoms with Gasteiger partial charge in [0.25, 0.3) is 0 Å². The number of amidine groups is 1. The van der Waals surface area contributed by atoms with Gasteiger partial charge in [0.2, 0.25) is 0 Å². The Hall–Kier alpha value is -1.91. The zero-order chi connectivity index (χ0) is 18.6. The van der Waals surface area contributed by atoms with Crippen LogP contribution in [0, 0.1) is 0 Å². The van der Waals surface area contributed by atoms with Gasteiger partial charge in [-0.2, -0.15) is 0 Å². The Morgan fingerprint density at radius 2 is 2.11 bits per heavy atom. The molecule has 1 saturated carbocycles. The van der Waals surface area contributed by atoms with Gasteiger partial charge >= 0.3 is 0 Å². The summed E-state index contributed by atoms with van der Waals surface area (Å²) < 4.78 is 15.3. The lowest BCUT2D eigenvalue weighted by molar-refractivity contribution is 0.232. The predicted octanol–water partition coefficient (Wildman–Crippen LogP) is 5.10. The molecule has 0 aromatic heterocycles.